The van der Waals surface area contributed by atoms with Gasteiger partial charge in [0, 0.05) is 51.0 Å². The molecule has 0 saturated carbocycles. The lowest BCUT2D eigenvalue weighted by Crippen LogP contribution is -2.17. The van der Waals surface area contributed by atoms with Crippen molar-refractivity contribution in [3.05, 3.63) is 151 Å². The zero-order valence-electron chi connectivity index (χ0n) is 25.5. The first-order chi connectivity index (χ1) is 22.6. The van der Waals surface area contributed by atoms with Crippen molar-refractivity contribution in [2.75, 3.05) is 0 Å². The summed E-state index contributed by atoms with van der Waals surface area (Å²) in [6, 6.07) is 44.4. The zero-order valence-corrected chi connectivity index (χ0v) is 25.5. The number of hydrogen-bond acceptors (Lipinski definition) is 4. The van der Waals surface area contributed by atoms with Crippen molar-refractivity contribution < 1.29 is 0 Å². The first-order valence-electron chi connectivity index (χ1n) is 15.6. The van der Waals surface area contributed by atoms with Gasteiger partial charge < -0.3 is 4.57 Å². The molecule has 0 amide bonds. The van der Waals surface area contributed by atoms with Crippen LogP contribution in [-0.4, -0.2) is 24.5 Å². The molecule has 5 nitrogen and oxygen atoms in total. The van der Waals surface area contributed by atoms with E-state index in [0.29, 0.717) is 17.5 Å². The van der Waals surface area contributed by atoms with Crippen molar-refractivity contribution in [2.45, 2.75) is 19.3 Å². The second kappa shape index (κ2) is 10.0. The third kappa shape index (κ3) is 3.95. The summed E-state index contributed by atoms with van der Waals surface area (Å²) in [6.07, 6.45) is 3.80. The Labute approximate surface area is 266 Å². The number of hydrogen-bond donors (Lipinski definition) is 0. The summed E-state index contributed by atoms with van der Waals surface area (Å²) < 4.78 is 2.29. The quantitative estimate of drug-likeness (QED) is 0.204. The maximum atomic E-state index is 5.16. The summed E-state index contributed by atoms with van der Waals surface area (Å²) in [4.78, 5) is 19.7. The Morgan fingerprint density at radius 3 is 1.96 bits per heavy atom. The Balaban J connectivity index is 1.21. The average molecular weight is 592 g/mol. The molecule has 1 aliphatic carbocycles. The fourth-order valence-corrected chi connectivity index (χ4v) is 7.23. The first-order valence-corrected chi connectivity index (χ1v) is 15.6. The average Bonchev–Trinajstić information content (AvgIpc) is 3.57. The van der Waals surface area contributed by atoms with E-state index >= 15 is 0 Å². The van der Waals surface area contributed by atoms with Crippen LogP contribution in [0.1, 0.15) is 25.0 Å². The van der Waals surface area contributed by atoms with Gasteiger partial charge in [-0.2, -0.15) is 0 Å². The highest BCUT2D eigenvalue weighted by atomic mass is 15.0. The molecule has 218 valence electrons. The topological polar surface area (TPSA) is 56.5 Å². The van der Waals surface area contributed by atoms with Crippen LogP contribution >= 0.6 is 0 Å². The van der Waals surface area contributed by atoms with Gasteiger partial charge >= 0.3 is 0 Å². The van der Waals surface area contributed by atoms with Gasteiger partial charge in [-0.1, -0.05) is 105 Å². The smallest absolute Gasteiger partial charge is 0.164 e. The summed E-state index contributed by atoms with van der Waals surface area (Å²) >= 11 is 0. The molecule has 5 heteroatoms. The van der Waals surface area contributed by atoms with Crippen molar-refractivity contribution in [3.8, 4) is 51.0 Å². The SMILES string of the molecule is CC1(C)c2ccccc2-c2cccc(-c3nc(-c4ccccc4)nc(-c4ccc(-n5c6ccccc6c6cnccc65)cc4)n3)c21. The Bertz CT molecular complexity index is 2390. The van der Waals surface area contributed by atoms with Gasteiger partial charge in [-0.15, -0.1) is 0 Å². The van der Waals surface area contributed by atoms with E-state index in [1.54, 1.807) is 0 Å². The van der Waals surface area contributed by atoms with Crippen LogP contribution in [0.2, 0.25) is 0 Å². The molecule has 0 N–H and O–H groups in total. The molecule has 0 aliphatic heterocycles. The van der Waals surface area contributed by atoms with Crippen LogP contribution in [-0.2, 0) is 5.41 Å². The van der Waals surface area contributed by atoms with Gasteiger partial charge in [0.25, 0.3) is 0 Å². The minimum absolute atomic E-state index is 0.193. The molecule has 0 saturated heterocycles. The van der Waals surface area contributed by atoms with Crippen molar-refractivity contribution in [2.24, 2.45) is 0 Å². The van der Waals surface area contributed by atoms with Gasteiger partial charge in [-0.3, -0.25) is 4.98 Å². The number of benzene rings is 5. The Hall–Kier alpha value is -5.94. The van der Waals surface area contributed by atoms with Gasteiger partial charge in [0.1, 0.15) is 0 Å². The number of nitrogens with zero attached hydrogens (tertiary/aromatic N) is 5. The third-order valence-electron chi connectivity index (χ3n) is 9.35. The van der Waals surface area contributed by atoms with Gasteiger partial charge in [-0.05, 0) is 58.7 Å². The molecule has 0 radical (unpaired) electrons. The molecule has 0 unspecified atom stereocenters. The van der Waals surface area contributed by atoms with E-state index in [2.05, 4.69) is 133 Å². The van der Waals surface area contributed by atoms with E-state index in [-0.39, 0.29) is 5.41 Å². The van der Waals surface area contributed by atoms with Crippen LogP contribution < -0.4 is 0 Å². The first kappa shape index (κ1) is 26.5. The molecular weight excluding hydrogens is 562 g/mol. The van der Waals surface area contributed by atoms with Gasteiger partial charge in [-0.25, -0.2) is 15.0 Å². The van der Waals surface area contributed by atoms with E-state index in [1.165, 1.54) is 27.6 Å². The monoisotopic (exact) mass is 591 g/mol. The molecule has 1 aliphatic rings. The standard InChI is InChI=1S/C41H29N5/c1-41(2)34-17-8-6-13-29(34)31-15-10-16-32(37(31)41)40-44-38(26-11-4-3-5-12-26)43-39(45-40)27-19-21-28(22-20-27)46-35-18-9-7-14-30(35)33-25-42-24-23-36(33)46/h3-25H,1-2H3. The van der Waals surface area contributed by atoms with Crippen molar-refractivity contribution in [3.63, 3.8) is 0 Å². The lowest BCUT2D eigenvalue weighted by Gasteiger charge is -2.24. The molecule has 3 heterocycles. The highest BCUT2D eigenvalue weighted by Gasteiger charge is 2.38. The molecule has 3 aromatic heterocycles. The van der Waals surface area contributed by atoms with E-state index in [1.807, 2.05) is 30.6 Å². The number of rotatable bonds is 4. The van der Waals surface area contributed by atoms with Crippen LogP contribution in [0.15, 0.2) is 140 Å². The van der Waals surface area contributed by atoms with Crippen LogP contribution in [0.3, 0.4) is 0 Å². The summed E-state index contributed by atoms with van der Waals surface area (Å²) in [5.41, 5.74) is 11.2. The van der Waals surface area contributed by atoms with E-state index in [0.717, 1.165) is 38.8 Å². The third-order valence-corrected chi connectivity index (χ3v) is 9.35. The second-order valence-electron chi connectivity index (χ2n) is 12.4. The maximum Gasteiger partial charge on any atom is 0.164 e. The summed E-state index contributed by atoms with van der Waals surface area (Å²) in [5.74, 6) is 1.98. The van der Waals surface area contributed by atoms with Gasteiger partial charge in [0.15, 0.2) is 17.5 Å². The second-order valence-corrected chi connectivity index (χ2v) is 12.4. The van der Waals surface area contributed by atoms with Crippen LogP contribution in [0, 0.1) is 0 Å². The molecule has 9 rings (SSSR count). The minimum atomic E-state index is -0.193. The predicted molar refractivity (Wildman–Crippen MR) is 186 cm³/mol. The minimum Gasteiger partial charge on any atom is -0.309 e. The number of fused-ring (bicyclic) bond motifs is 6. The molecule has 46 heavy (non-hydrogen) atoms. The van der Waals surface area contributed by atoms with Crippen molar-refractivity contribution >= 4 is 21.8 Å². The fourth-order valence-electron chi connectivity index (χ4n) is 7.23. The number of aromatic nitrogens is 5. The predicted octanol–water partition coefficient (Wildman–Crippen LogP) is 9.67. The fraction of sp³-hybridized carbons (Fsp3) is 0.0732. The molecule has 0 fully saturated rings. The molecule has 0 spiro atoms. The molecule has 8 aromatic rings. The normalized spacial score (nSPS) is 13.2. The highest BCUT2D eigenvalue weighted by Crippen LogP contribution is 2.51. The lowest BCUT2D eigenvalue weighted by molar-refractivity contribution is 0.661. The van der Waals surface area contributed by atoms with Crippen LogP contribution in [0.4, 0.5) is 0 Å². The highest BCUT2D eigenvalue weighted by molar-refractivity contribution is 6.08. The Kier molecular flexibility index (Phi) is 5.78. The van der Waals surface area contributed by atoms with Crippen molar-refractivity contribution in [1.29, 1.82) is 0 Å². The lowest BCUT2D eigenvalue weighted by atomic mass is 9.80. The molecule has 0 atom stereocenters. The number of pyridine rings is 1. The van der Waals surface area contributed by atoms with Crippen LogP contribution in [0.25, 0.3) is 72.8 Å². The zero-order chi connectivity index (χ0) is 30.8. The largest absolute Gasteiger partial charge is 0.309 e. The molecular formula is C41H29N5. The van der Waals surface area contributed by atoms with Gasteiger partial charge in [0.05, 0.1) is 11.0 Å². The van der Waals surface area contributed by atoms with E-state index < -0.39 is 0 Å². The van der Waals surface area contributed by atoms with Gasteiger partial charge in [0.2, 0.25) is 0 Å². The van der Waals surface area contributed by atoms with Crippen molar-refractivity contribution in [1.82, 2.24) is 24.5 Å². The van der Waals surface area contributed by atoms with E-state index in [4.69, 9.17) is 15.0 Å². The van der Waals surface area contributed by atoms with E-state index in [9.17, 15) is 0 Å². The summed E-state index contributed by atoms with van der Waals surface area (Å²) in [6.45, 7) is 4.59. The molecule has 0 bridgehead atoms. The molecule has 5 aromatic carbocycles. The maximum absolute atomic E-state index is 5.16. The Morgan fingerprint density at radius 1 is 0.500 bits per heavy atom. The Morgan fingerprint density at radius 2 is 1.13 bits per heavy atom. The summed E-state index contributed by atoms with van der Waals surface area (Å²) in [7, 11) is 0. The summed E-state index contributed by atoms with van der Waals surface area (Å²) in [5, 5.41) is 2.32. The van der Waals surface area contributed by atoms with Crippen LogP contribution in [0.5, 0.6) is 0 Å². The number of para-hydroxylation sites is 1.